The summed E-state index contributed by atoms with van der Waals surface area (Å²) in [5, 5.41) is 3.14. The third kappa shape index (κ3) is 3.82. The maximum absolute atomic E-state index is 11.9. The largest absolute Gasteiger partial charge is 0.465 e. The minimum Gasteiger partial charge on any atom is -0.465 e. The predicted octanol–water partition coefficient (Wildman–Crippen LogP) is 2.35. The summed E-state index contributed by atoms with van der Waals surface area (Å²) in [5.41, 5.74) is -0.495. The highest BCUT2D eigenvalue weighted by atomic mass is 16.5. The summed E-state index contributed by atoms with van der Waals surface area (Å²) in [6.45, 7) is 8.63. The lowest BCUT2D eigenvalue weighted by atomic mass is 9.85. The third-order valence-electron chi connectivity index (χ3n) is 3.14. The van der Waals surface area contributed by atoms with E-state index in [4.69, 9.17) is 4.74 Å². The highest BCUT2D eigenvalue weighted by Gasteiger charge is 2.37. The molecule has 0 heterocycles. The summed E-state index contributed by atoms with van der Waals surface area (Å²) >= 11 is 0. The second-order valence-electron chi connectivity index (χ2n) is 4.12. The fourth-order valence-corrected chi connectivity index (χ4v) is 1.76. The number of carbonyl (C=O) groups excluding carboxylic acids is 1. The van der Waals surface area contributed by atoms with Crippen molar-refractivity contribution < 1.29 is 9.53 Å². The van der Waals surface area contributed by atoms with Crippen LogP contribution in [0.4, 0.5) is 0 Å². The van der Waals surface area contributed by atoms with Crippen molar-refractivity contribution in [3.8, 4) is 0 Å². The van der Waals surface area contributed by atoms with Gasteiger partial charge < -0.3 is 10.1 Å². The van der Waals surface area contributed by atoms with Crippen molar-refractivity contribution in [1.29, 1.82) is 0 Å². The van der Waals surface area contributed by atoms with E-state index in [1.54, 1.807) is 0 Å². The van der Waals surface area contributed by atoms with Crippen molar-refractivity contribution in [2.75, 3.05) is 13.7 Å². The number of esters is 1. The van der Waals surface area contributed by atoms with E-state index in [1.165, 1.54) is 0 Å². The molecular weight excluding hydrogens is 190 g/mol. The first-order chi connectivity index (χ1) is 7.06. The molecule has 0 fully saturated rings. The van der Waals surface area contributed by atoms with Gasteiger partial charge in [-0.05, 0) is 32.7 Å². The molecule has 0 saturated heterocycles. The van der Waals surface area contributed by atoms with Gasteiger partial charge in [0, 0.05) is 0 Å². The quantitative estimate of drug-likeness (QED) is 0.662. The standard InChI is InChI=1S/C12H25NO2/c1-6-10(4)9-12(7-2,13-5)11(14)15-8-3/h10,13H,6-9H2,1-5H3. The van der Waals surface area contributed by atoms with Gasteiger partial charge in [0.05, 0.1) is 6.61 Å². The summed E-state index contributed by atoms with van der Waals surface area (Å²) in [7, 11) is 1.84. The number of rotatable bonds is 7. The number of hydrogen-bond acceptors (Lipinski definition) is 3. The van der Waals surface area contributed by atoms with Crippen LogP contribution in [0.1, 0.15) is 47.0 Å². The molecular formula is C12H25NO2. The third-order valence-corrected chi connectivity index (χ3v) is 3.14. The van der Waals surface area contributed by atoms with E-state index < -0.39 is 5.54 Å². The van der Waals surface area contributed by atoms with Gasteiger partial charge in [0.1, 0.15) is 5.54 Å². The molecule has 0 bridgehead atoms. The van der Waals surface area contributed by atoms with Gasteiger partial charge in [-0.2, -0.15) is 0 Å². The lowest BCUT2D eigenvalue weighted by Crippen LogP contribution is -2.51. The van der Waals surface area contributed by atoms with Crippen molar-refractivity contribution in [2.45, 2.75) is 52.5 Å². The van der Waals surface area contributed by atoms with E-state index in [0.29, 0.717) is 12.5 Å². The molecule has 0 aliphatic heterocycles. The Kier molecular flexibility index (Phi) is 6.57. The van der Waals surface area contributed by atoms with Crippen LogP contribution in [-0.2, 0) is 9.53 Å². The van der Waals surface area contributed by atoms with Gasteiger partial charge in [-0.25, -0.2) is 0 Å². The van der Waals surface area contributed by atoms with Crippen LogP contribution >= 0.6 is 0 Å². The Labute approximate surface area is 93.6 Å². The molecule has 2 atom stereocenters. The Balaban J connectivity index is 4.63. The van der Waals surface area contributed by atoms with Crippen molar-refractivity contribution in [2.24, 2.45) is 5.92 Å². The zero-order valence-corrected chi connectivity index (χ0v) is 10.7. The van der Waals surface area contributed by atoms with Crippen LogP contribution in [-0.4, -0.2) is 25.2 Å². The van der Waals surface area contributed by atoms with Gasteiger partial charge in [-0.15, -0.1) is 0 Å². The molecule has 0 aromatic rings. The molecule has 0 rings (SSSR count). The SMILES string of the molecule is CCOC(=O)C(CC)(CC(C)CC)NC. The highest BCUT2D eigenvalue weighted by molar-refractivity contribution is 5.80. The molecule has 3 nitrogen and oxygen atoms in total. The van der Waals surface area contributed by atoms with Crippen molar-refractivity contribution in [1.82, 2.24) is 5.32 Å². The second kappa shape index (κ2) is 6.83. The van der Waals surface area contributed by atoms with Crippen LogP contribution in [0.5, 0.6) is 0 Å². The Hall–Kier alpha value is -0.570. The minimum atomic E-state index is -0.495. The van der Waals surface area contributed by atoms with Crippen LogP contribution in [0.2, 0.25) is 0 Å². The average molecular weight is 215 g/mol. The summed E-state index contributed by atoms with van der Waals surface area (Å²) < 4.78 is 5.13. The first-order valence-corrected chi connectivity index (χ1v) is 5.92. The molecule has 0 aromatic carbocycles. The van der Waals surface area contributed by atoms with E-state index in [1.807, 2.05) is 20.9 Å². The van der Waals surface area contributed by atoms with E-state index in [-0.39, 0.29) is 5.97 Å². The van der Waals surface area contributed by atoms with Crippen LogP contribution in [0, 0.1) is 5.92 Å². The second-order valence-corrected chi connectivity index (χ2v) is 4.12. The van der Waals surface area contributed by atoms with Gasteiger partial charge in [0.25, 0.3) is 0 Å². The van der Waals surface area contributed by atoms with E-state index in [9.17, 15) is 4.79 Å². The fourth-order valence-electron chi connectivity index (χ4n) is 1.76. The zero-order chi connectivity index (χ0) is 11.9. The smallest absolute Gasteiger partial charge is 0.326 e. The number of likely N-dealkylation sites (N-methyl/N-ethyl adjacent to an activating group) is 1. The first kappa shape index (κ1) is 14.4. The van der Waals surface area contributed by atoms with Gasteiger partial charge >= 0.3 is 5.97 Å². The Morgan fingerprint density at radius 3 is 2.33 bits per heavy atom. The molecule has 0 aliphatic rings. The molecule has 0 saturated carbocycles. The Morgan fingerprint density at radius 2 is 2.00 bits per heavy atom. The van der Waals surface area contributed by atoms with E-state index >= 15 is 0 Å². The van der Waals surface area contributed by atoms with Crippen LogP contribution in [0.25, 0.3) is 0 Å². The van der Waals surface area contributed by atoms with E-state index in [2.05, 4.69) is 19.2 Å². The van der Waals surface area contributed by atoms with Crippen LogP contribution in [0.3, 0.4) is 0 Å². The van der Waals surface area contributed by atoms with Crippen molar-refractivity contribution in [3.63, 3.8) is 0 Å². The number of hydrogen-bond donors (Lipinski definition) is 1. The zero-order valence-electron chi connectivity index (χ0n) is 10.7. The van der Waals surface area contributed by atoms with Gasteiger partial charge in [-0.3, -0.25) is 4.79 Å². The molecule has 2 unspecified atom stereocenters. The molecule has 3 heteroatoms. The van der Waals surface area contributed by atoms with Crippen molar-refractivity contribution in [3.05, 3.63) is 0 Å². The number of ether oxygens (including phenoxy) is 1. The van der Waals surface area contributed by atoms with E-state index in [0.717, 1.165) is 19.3 Å². The lowest BCUT2D eigenvalue weighted by Gasteiger charge is -2.32. The summed E-state index contributed by atoms with van der Waals surface area (Å²) in [4.78, 5) is 11.9. The summed E-state index contributed by atoms with van der Waals surface area (Å²) in [6, 6.07) is 0. The van der Waals surface area contributed by atoms with Crippen LogP contribution < -0.4 is 5.32 Å². The molecule has 0 spiro atoms. The first-order valence-electron chi connectivity index (χ1n) is 5.92. The maximum atomic E-state index is 11.9. The van der Waals surface area contributed by atoms with Gasteiger partial charge in [-0.1, -0.05) is 27.2 Å². The average Bonchev–Trinajstić information content (AvgIpc) is 2.26. The predicted molar refractivity (Wildman–Crippen MR) is 62.8 cm³/mol. The maximum Gasteiger partial charge on any atom is 0.326 e. The number of nitrogens with one attached hydrogen (secondary N) is 1. The molecule has 0 radical (unpaired) electrons. The minimum absolute atomic E-state index is 0.115. The molecule has 90 valence electrons. The highest BCUT2D eigenvalue weighted by Crippen LogP contribution is 2.24. The van der Waals surface area contributed by atoms with Gasteiger partial charge in [0.2, 0.25) is 0 Å². The lowest BCUT2D eigenvalue weighted by molar-refractivity contribution is -0.152. The molecule has 1 N–H and O–H groups in total. The molecule has 0 amide bonds. The molecule has 0 aliphatic carbocycles. The van der Waals surface area contributed by atoms with Crippen molar-refractivity contribution >= 4 is 5.97 Å². The molecule has 15 heavy (non-hydrogen) atoms. The summed E-state index contributed by atoms with van der Waals surface area (Å²) in [5.74, 6) is 0.414. The van der Waals surface area contributed by atoms with Crippen LogP contribution in [0.15, 0.2) is 0 Å². The monoisotopic (exact) mass is 215 g/mol. The normalized spacial score (nSPS) is 16.9. The topological polar surface area (TPSA) is 38.3 Å². The summed E-state index contributed by atoms with van der Waals surface area (Å²) in [6.07, 6.45) is 2.70. The van der Waals surface area contributed by atoms with Gasteiger partial charge in [0.15, 0.2) is 0 Å². The molecule has 0 aromatic heterocycles. The Morgan fingerprint density at radius 1 is 1.40 bits per heavy atom. The fraction of sp³-hybridized carbons (Fsp3) is 0.917. The Bertz CT molecular complexity index is 188. The number of carbonyl (C=O) groups is 1.